The SMILES string of the molecule is C=C[C@]1(C)C[C@@H](OC(=O)CSc2nc(N)cc(OC)n2)[C@]2(C)[C@H](C)CC[C@]3(CCC(=O)[C@H]32)[C@@H](C)[C@@H]1O. The zero-order valence-corrected chi connectivity index (χ0v) is 22.8. The number of nitrogens with zero attached hydrogens (tertiary/aromatic N) is 2. The van der Waals surface area contributed by atoms with Crippen molar-refractivity contribution < 1.29 is 24.2 Å². The van der Waals surface area contributed by atoms with Crippen LogP contribution in [0.15, 0.2) is 23.9 Å². The molecule has 0 radical (unpaired) electrons. The molecule has 3 aliphatic carbocycles. The number of nitrogen functional groups attached to an aromatic ring is 1. The van der Waals surface area contributed by atoms with Crippen molar-refractivity contribution in [1.29, 1.82) is 0 Å². The van der Waals surface area contributed by atoms with Crippen LogP contribution in [0, 0.1) is 34.0 Å². The molecule has 2 bridgehead atoms. The van der Waals surface area contributed by atoms with E-state index in [0.29, 0.717) is 23.9 Å². The van der Waals surface area contributed by atoms with Crippen molar-refractivity contribution in [3.8, 4) is 5.88 Å². The average molecular weight is 518 g/mol. The molecule has 3 aliphatic rings. The number of ketones is 1. The Morgan fingerprint density at radius 3 is 2.72 bits per heavy atom. The molecule has 0 aliphatic heterocycles. The van der Waals surface area contributed by atoms with Gasteiger partial charge in [-0.2, -0.15) is 4.98 Å². The Bertz CT molecular complexity index is 1050. The molecule has 8 nitrogen and oxygen atoms in total. The van der Waals surface area contributed by atoms with E-state index in [4.69, 9.17) is 15.2 Å². The monoisotopic (exact) mass is 517 g/mol. The fourth-order valence-corrected chi connectivity index (χ4v) is 8.05. The molecule has 3 N–H and O–H groups in total. The Balaban J connectivity index is 1.66. The van der Waals surface area contributed by atoms with Gasteiger partial charge in [0.15, 0.2) is 5.16 Å². The van der Waals surface area contributed by atoms with Gasteiger partial charge in [-0.15, -0.1) is 6.58 Å². The number of hydrogen-bond donors (Lipinski definition) is 2. The number of aliphatic hydroxyl groups is 1. The predicted octanol–water partition coefficient (Wildman–Crippen LogP) is 4.07. The van der Waals surface area contributed by atoms with Gasteiger partial charge < -0.3 is 20.3 Å². The molecule has 1 aromatic rings. The number of aromatic nitrogens is 2. The summed E-state index contributed by atoms with van der Waals surface area (Å²) in [6.45, 7) is 12.4. The first-order chi connectivity index (χ1) is 16.9. The molecule has 198 valence electrons. The third kappa shape index (κ3) is 4.22. The number of ether oxygens (including phenoxy) is 2. The third-order valence-electron chi connectivity index (χ3n) is 9.81. The second-order valence-electron chi connectivity index (χ2n) is 11.5. The van der Waals surface area contributed by atoms with Gasteiger partial charge in [0.2, 0.25) is 5.88 Å². The highest BCUT2D eigenvalue weighted by atomic mass is 32.2. The summed E-state index contributed by atoms with van der Waals surface area (Å²) in [4.78, 5) is 35.1. The minimum absolute atomic E-state index is 0.0128. The lowest BCUT2D eigenvalue weighted by Gasteiger charge is -2.61. The molecular weight excluding hydrogens is 478 g/mol. The summed E-state index contributed by atoms with van der Waals surface area (Å²) in [6, 6.07) is 1.51. The van der Waals surface area contributed by atoms with Gasteiger partial charge in [-0.3, -0.25) is 9.59 Å². The van der Waals surface area contributed by atoms with E-state index >= 15 is 0 Å². The molecule has 0 amide bonds. The van der Waals surface area contributed by atoms with Crippen molar-refractivity contribution in [2.45, 2.75) is 77.2 Å². The van der Waals surface area contributed by atoms with E-state index < -0.39 is 29.0 Å². The van der Waals surface area contributed by atoms with Crippen LogP contribution in [-0.4, -0.2) is 51.9 Å². The van der Waals surface area contributed by atoms with Gasteiger partial charge in [0.25, 0.3) is 0 Å². The van der Waals surface area contributed by atoms with Crippen molar-refractivity contribution in [2.24, 2.45) is 34.0 Å². The molecule has 1 aromatic heterocycles. The predicted molar refractivity (Wildman–Crippen MR) is 138 cm³/mol. The number of methoxy groups -OCH3 is 1. The quantitative estimate of drug-likeness (QED) is 0.249. The lowest BCUT2D eigenvalue weighted by atomic mass is 9.44. The lowest BCUT2D eigenvalue weighted by Crippen LogP contribution is -2.63. The van der Waals surface area contributed by atoms with Crippen molar-refractivity contribution in [3.63, 3.8) is 0 Å². The molecule has 1 heterocycles. The highest BCUT2D eigenvalue weighted by Crippen LogP contribution is 2.68. The number of aliphatic hydroxyl groups excluding tert-OH is 1. The number of Topliss-reactive ketones (excluding diaryl/α,β-unsaturated/α-hetero) is 1. The van der Waals surface area contributed by atoms with Gasteiger partial charge in [-0.1, -0.05) is 45.5 Å². The number of anilines is 1. The normalized spacial score (nSPS) is 40.1. The number of carbonyl (C=O) groups excluding carboxylic acids is 2. The van der Waals surface area contributed by atoms with Crippen molar-refractivity contribution in [3.05, 3.63) is 18.7 Å². The average Bonchev–Trinajstić information content (AvgIpc) is 3.21. The Kier molecular flexibility index (Phi) is 7.20. The molecule has 9 heteroatoms. The van der Waals surface area contributed by atoms with E-state index in [9.17, 15) is 14.7 Å². The maximum absolute atomic E-state index is 13.5. The fourth-order valence-electron chi connectivity index (χ4n) is 7.41. The van der Waals surface area contributed by atoms with E-state index in [0.717, 1.165) is 31.0 Å². The van der Waals surface area contributed by atoms with Gasteiger partial charge >= 0.3 is 5.97 Å². The van der Waals surface area contributed by atoms with Crippen LogP contribution in [0.25, 0.3) is 0 Å². The standard InChI is InChI=1S/C27H39N3O5S/c1-7-25(4)13-18(35-21(32)14-36-24-29-19(28)12-20(30-24)34-6)26(5)15(2)8-10-27(16(3)23(25)33)11-9-17(31)22(26)27/h7,12,15-16,18,22-23,33H,1,8-11,13-14H2,2-6H3,(H2,28,29,30)/t15-,16+,18-,22+,23+,25-,26+,27+/m1/s1. The second-order valence-corrected chi connectivity index (χ2v) is 12.4. The smallest absolute Gasteiger partial charge is 0.316 e. The molecule has 0 unspecified atom stereocenters. The van der Waals surface area contributed by atoms with Gasteiger partial charge in [0.05, 0.1) is 19.0 Å². The minimum atomic E-state index is -0.690. The Morgan fingerprint density at radius 2 is 2.06 bits per heavy atom. The Labute approximate surface area is 217 Å². The highest BCUT2D eigenvalue weighted by molar-refractivity contribution is 7.99. The molecule has 0 saturated heterocycles. The van der Waals surface area contributed by atoms with Crippen molar-refractivity contribution in [2.75, 3.05) is 18.6 Å². The van der Waals surface area contributed by atoms with Gasteiger partial charge in [0, 0.05) is 29.2 Å². The molecule has 0 aromatic carbocycles. The molecule has 0 spiro atoms. The van der Waals surface area contributed by atoms with Gasteiger partial charge in [-0.25, -0.2) is 4.98 Å². The highest BCUT2D eigenvalue weighted by Gasteiger charge is 2.68. The minimum Gasteiger partial charge on any atom is -0.481 e. The topological polar surface area (TPSA) is 125 Å². The van der Waals surface area contributed by atoms with Crippen LogP contribution in [0.3, 0.4) is 0 Å². The zero-order valence-electron chi connectivity index (χ0n) is 22.0. The third-order valence-corrected chi connectivity index (χ3v) is 10.6. The lowest BCUT2D eigenvalue weighted by molar-refractivity contribution is -0.205. The summed E-state index contributed by atoms with van der Waals surface area (Å²) in [6.07, 6.45) is 4.09. The van der Waals surface area contributed by atoms with E-state index in [1.165, 1.54) is 13.2 Å². The van der Waals surface area contributed by atoms with E-state index in [2.05, 4.69) is 37.3 Å². The molecule has 3 saturated carbocycles. The molecule has 3 fully saturated rings. The van der Waals surface area contributed by atoms with Crippen LogP contribution in [0.1, 0.15) is 59.8 Å². The van der Waals surface area contributed by atoms with E-state index in [1.807, 2.05) is 6.92 Å². The summed E-state index contributed by atoms with van der Waals surface area (Å²) < 4.78 is 11.4. The second kappa shape index (κ2) is 9.63. The molecule has 36 heavy (non-hydrogen) atoms. The van der Waals surface area contributed by atoms with Crippen LogP contribution >= 0.6 is 11.8 Å². The van der Waals surface area contributed by atoms with Crippen LogP contribution in [0.4, 0.5) is 5.82 Å². The maximum Gasteiger partial charge on any atom is 0.316 e. The zero-order chi connectivity index (χ0) is 26.5. The molecule has 8 atom stereocenters. The van der Waals surface area contributed by atoms with Crippen LogP contribution in [0.5, 0.6) is 5.88 Å². The first kappa shape index (κ1) is 26.9. The number of nitrogens with two attached hydrogens (primary N) is 1. The number of carbonyl (C=O) groups is 2. The van der Waals surface area contributed by atoms with E-state index in [-0.39, 0.29) is 40.5 Å². The van der Waals surface area contributed by atoms with Gasteiger partial charge in [0.1, 0.15) is 17.7 Å². The maximum atomic E-state index is 13.5. The summed E-state index contributed by atoms with van der Waals surface area (Å²) in [5, 5.41) is 11.9. The number of hydrogen-bond acceptors (Lipinski definition) is 9. The van der Waals surface area contributed by atoms with Gasteiger partial charge in [-0.05, 0) is 42.9 Å². The van der Waals surface area contributed by atoms with Crippen LogP contribution in [-0.2, 0) is 14.3 Å². The summed E-state index contributed by atoms with van der Waals surface area (Å²) in [5.41, 5.74) is 4.32. The van der Waals surface area contributed by atoms with Crippen molar-refractivity contribution >= 4 is 29.3 Å². The molecule has 4 rings (SSSR count). The Morgan fingerprint density at radius 1 is 1.33 bits per heavy atom. The number of thioether (sulfide) groups is 1. The summed E-state index contributed by atoms with van der Waals surface area (Å²) in [5.74, 6) is 0.249. The summed E-state index contributed by atoms with van der Waals surface area (Å²) in [7, 11) is 1.49. The first-order valence-electron chi connectivity index (χ1n) is 12.8. The van der Waals surface area contributed by atoms with Crippen molar-refractivity contribution in [1.82, 2.24) is 9.97 Å². The number of rotatable bonds is 6. The largest absolute Gasteiger partial charge is 0.481 e. The van der Waals surface area contributed by atoms with Crippen LogP contribution < -0.4 is 10.5 Å². The van der Waals surface area contributed by atoms with Crippen LogP contribution in [0.2, 0.25) is 0 Å². The van der Waals surface area contributed by atoms with E-state index in [1.54, 1.807) is 6.08 Å². The Hall–Kier alpha value is -2.13. The number of esters is 1. The first-order valence-corrected chi connectivity index (χ1v) is 13.7. The summed E-state index contributed by atoms with van der Waals surface area (Å²) >= 11 is 1.13. The fraction of sp³-hybridized carbons (Fsp3) is 0.704. The molecular formula is C27H39N3O5S.